The second kappa shape index (κ2) is 8.69. The molecule has 0 spiro atoms. The molecule has 0 amide bonds. The van der Waals surface area contributed by atoms with Gasteiger partial charge in [0.2, 0.25) is 0 Å². The zero-order valence-corrected chi connectivity index (χ0v) is 13.7. The molecule has 1 aromatic rings. The maximum Gasteiger partial charge on any atom is 0.0638 e. The highest BCUT2D eigenvalue weighted by Crippen LogP contribution is 2.19. The van der Waals surface area contributed by atoms with Gasteiger partial charge in [0.1, 0.15) is 0 Å². The molecule has 0 heterocycles. The summed E-state index contributed by atoms with van der Waals surface area (Å²) in [6.07, 6.45) is 0.772. The number of hydrogen-bond acceptors (Lipinski definition) is 3. The third-order valence-electron chi connectivity index (χ3n) is 3.10. The van der Waals surface area contributed by atoms with Crippen LogP contribution in [-0.2, 0) is 0 Å². The zero-order valence-electron chi connectivity index (χ0n) is 12.1. The molecule has 1 aromatic carbocycles. The van der Waals surface area contributed by atoms with E-state index in [-0.39, 0.29) is 6.10 Å². The van der Waals surface area contributed by atoms with Crippen LogP contribution in [0.1, 0.15) is 31.9 Å². The molecule has 108 valence electrons. The number of hydrogen-bond donors (Lipinski definition) is 2. The van der Waals surface area contributed by atoms with Crippen LogP contribution in [0, 0.1) is 0 Å². The van der Waals surface area contributed by atoms with Crippen molar-refractivity contribution in [3.8, 4) is 0 Å². The summed E-state index contributed by atoms with van der Waals surface area (Å²) in [6.45, 7) is 6.61. The Labute approximate surface area is 125 Å². The van der Waals surface area contributed by atoms with Crippen LogP contribution in [0.4, 0.5) is 0 Å². The van der Waals surface area contributed by atoms with Crippen LogP contribution in [0.5, 0.6) is 0 Å². The maximum atomic E-state index is 9.38. The van der Waals surface area contributed by atoms with Crippen molar-refractivity contribution >= 4 is 15.9 Å². The first-order valence-electron chi connectivity index (χ1n) is 6.88. The lowest BCUT2D eigenvalue weighted by Gasteiger charge is -2.23. The van der Waals surface area contributed by atoms with Gasteiger partial charge in [-0.3, -0.25) is 0 Å². The van der Waals surface area contributed by atoms with Gasteiger partial charge in [0.25, 0.3) is 0 Å². The predicted octanol–water partition coefficient (Wildman–Crippen LogP) is 2.80. The van der Waals surface area contributed by atoms with Crippen molar-refractivity contribution in [2.75, 3.05) is 26.7 Å². The minimum atomic E-state index is -0.268. The first-order chi connectivity index (χ1) is 9.02. The van der Waals surface area contributed by atoms with Crippen LogP contribution >= 0.6 is 15.9 Å². The lowest BCUT2D eigenvalue weighted by molar-refractivity contribution is 0.139. The fourth-order valence-electron chi connectivity index (χ4n) is 2.22. The van der Waals surface area contributed by atoms with Gasteiger partial charge in [0.05, 0.1) is 6.10 Å². The Morgan fingerprint density at radius 1 is 1.32 bits per heavy atom. The van der Waals surface area contributed by atoms with E-state index in [1.807, 2.05) is 6.92 Å². The van der Waals surface area contributed by atoms with Crippen molar-refractivity contribution in [3.63, 3.8) is 0 Å². The fraction of sp³-hybridized carbons (Fsp3) is 0.600. The third-order valence-corrected chi connectivity index (χ3v) is 3.63. The van der Waals surface area contributed by atoms with Crippen LogP contribution in [0.3, 0.4) is 0 Å². The summed E-state index contributed by atoms with van der Waals surface area (Å²) < 4.78 is 1.11. The molecule has 1 rings (SSSR count). The van der Waals surface area contributed by atoms with Crippen molar-refractivity contribution in [2.45, 2.75) is 32.4 Å². The van der Waals surface area contributed by atoms with E-state index in [2.05, 4.69) is 64.4 Å². The number of likely N-dealkylation sites (N-methyl/N-ethyl adjacent to an activating group) is 1. The lowest BCUT2D eigenvalue weighted by Crippen LogP contribution is -2.31. The number of nitrogens with zero attached hydrogens (tertiary/aromatic N) is 1. The van der Waals surface area contributed by atoms with E-state index in [1.165, 1.54) is 5.56 Å². The molecule has 3 nitrogen and oxygen atoms in total. The molecular formula is C15H25BrN2O. The van der Waals surface area contributed by atoms with Crippen LogP contribution in [0.25, 0.3) is 0 Å². The quantitative estimate of drug-likeness (QED) is 0.770. The molecule has 0 aromatic heterocycles. The molecule has 0 aliphatic carbocycles. The van der Waals surface area contributed by atoms with Gasteiger partial charge in [-0.1, -0.05) is 35.0 Å². The Bertz CT molecular complexity index is 354. The highest BCUT2D eigenvalue weighted by Gasteiger charge is 2.12. The van der Waals surface area contributed by atoms with Gasteiger partial charge in [0, 0.05) is 17.1 Å². The second-order valence-electron chi connectivity index (χ2n) is 5.06. The molecular weight excluding hydrogens is 304 g/mol. The van der Waals surface area contributed by atoms with Crippen molar-refractivity contribution in [1.29, 1.82) is 0 Å². The SMILES string of the molecule is CCNC(CCN(C)CC(C)O)c1ccc(Br)cc1. The third kappa shape index (κ3) is 6.52. The molecule has 0 bridgehead atoms. The van der Waals surface area contributed by atoms with E-state index in [9.17, 15) is 5.11 Å². The average Bonchev–Trinajstić information content (AvgIpc) is 2.35. The minimum absolute atomic E-state index is 0.268. The number of benzene rings is 1. The van der Waals surface area contributed by atoms with Gasteiger partial charge in [0.15, 0.2) is 0 Å². The molecule has 0 aliphatic rings. The summed E-state index contributed by atoms with van der Waals surface area (Å²) in [5, 5.41) is 12.9. The number of aliphatic hydroxyl groups excluding tert-OH is 1. The van der Waals surface area contributed by atoms with Crippen molar-refractivity contribution in [1.82, 2.24) is 10.2 Å². The molecule has 2 atom stereocenters. The van der Waals surface area contributed by atoms with E-state index in [1.54, 1.807) is 0 Å². The van der Waals surface area contributed by atoms with Gasteiger partial charge >= 0.3 is 0 Å². The summed E-state index contributed by atoms with van der Waals surface area (Å²) in [5.74, 6) is 0. The van der Waals surface area contributed by atoms with E-state index < -0.39 is 0 Å². The topological polar surface area (TPSA) is 35.5 Å². The molecule has 0 fully saturated rings. The predicted molar refractivity (Wildman–Crippen MR) is 84.4 cm³/mol. The largest absolute Gasteiger partial charge is 0.392 e. The Morgan fingerprint density at radius 3 is 2.47 bits per heavy atom. The summed E-state index contributed by atoms with van der Waals surface area (Å²) in [5.41, 5.74) is 1.32. The number of halogens is 1. The van der Waals surface area contributed by atoms with Crippen LogP contribution in [0.15, 0.2) is 28.7 Å². The van der Waals surface area contributed by atoms with Gasteiger partial charge in [-0.2, -0.15) is 0 Å². The first-order valence-corrected chi connectivity index (χ1v) is 7.67. The maximum absolute atomic E-state index is 9.38. The Kier molecular flexibility index (Phi) is 7.61. The van der Waals surface area contributed by atoms with Crippen LogP contribution in [0.2, 0.25) is 0 Å². The highest BCUT2D eigenvalue weighted by atomic mass is 79.9. The van der Waals surface area contributed by atoms with Gasteiger partial charge < -0.3 is 15.3 Å². The van der Waals surface area contributed by atoms with E-state index in [4.69, 9.17) is 0 Å². The van der Waals surface area contributed by atoms with Crippen LogP contribution in [-0.4, -0.2) is 42.8 Å². The molecule has 2 unspecified atom stereocenters. The monoisotopic (exact) mass is 328 g/mol. The van der Waals surface area contributed by atoms with Crippen molar-refractivity contribution < 1.29 is 5.11 Å². The smallest absolute Gasteiger partial charge is 0.0638 e. The molecule has 4 heteroatoms. The van der Waals surface area contributed by atoms with Gasteiger partial charge in [-0.05, 0) is 51.2 Å². The van der Waals surface area contributed by atoms with E-state index in [0.29, 0.717) is 6.04 Å². The fourth-order valence-corrected chi connectivity index (χ4v) is 2.48. The van der Waals surface area contributed by atoms with Crippen molar-refractivity contribution in [3.05, 3.63) is 34.3 Å². The first kappa shape index (κ1) is 16.6. The standard InChI is InChI=1S/C15H25BrN2O/c1-4-17-15(9-10-18(3)11-12(2)19)13-5-7-14(16)8-6-13/h5-8,12,15,17,19H,4,9-11H2,1-3H3. The Morgan fingerprint density at radius 2 is 1.95 bits per heavy atom. The van der Waals surface area contributed by atoms with Crippen molar-refractivity contribution in [2.24, 2.45) is 0 Å². The Balaban J connectivity index is 2.55. The second-order valence-corrected chi connectivity index (χ2v) is 5.98. The highest BCUT2D eigenvalue weighted by molar-refractivity contribution is 9.10. The van der Waals surface area contributed by atoms with Gasteiger partial charge in [-0.15, -0.1) is 0 Å². The van der Waals surface area contributed by atoms with Gasteiger partial charge in [-0.25, -0.2) is 0 Å². The summed E-state index contributed by atoms with van der Waals surface area (Å²) in [4.78, 5) is 2.17. The normalized spacial score (nSPS) is 14.6. The lowest BCUT2D eigenvalue weighted by atomic mass is 10.0. The number of aliphatic hydroxyl groups is 1. The molecule has 0 saturated carbocycles. The molecule has 2 N–H and O–H groups in total. The number of nitrogens with one attached hydrogen (secondary N) is 1. The molecule has 0 aliphatic heterocycles. The number of rotatable bonds is 8. The van der Waals surface area contributed by atoms with E-state index >= 15 is 0 Å². The summed E-state index contributed by atoms with van der Waals surface area (Å²) in [6, 6.07) is 8.85. The molecule has 0 saturated heterocycles. The zero-order chi connectivity index (χ0) is 14.3. The van der Waals surface area contributed by atoms with Crippen LogP contribution < -0.4 is 5.32 Å². The molecule has 0 radical (unpaired) electrons. The molecule has 19 heavy (non-hydrogen) atoms. The summed E-state index contributed by atoms with van der Waals surface area (Å²) in [7, 11) is 2.05. The van der Waals surface area contributed by atoms with E-state index in [0.717, 1.165) is 30.5 Å². The summed E-state index contributed by atoms with van der Waals surface area (Å²) >= 11 is 3.47. The minimum Gasteiger partial charge on any atom is -0.392 e. The average molecular weight is 329 g/mol. The Hall–Kier alpha value is -0.420.